The van der Waals surface area contributed by atoms with Gasteiger partial charge in [0.25, 0.3) is 5.91 Å². The van der Waals surface area contributed by atoms with Crippen molar-refractivity contribution < 1.29 is 9.59 Å². The van der Waals surface area contributed by atoms with Crippen molar-refractivity contribution in [3.63, 3.8) is 0 Å². The van der Waals surface area contributed by atoms with Gasteiger partial charge >= 0.3 is 0 Å². The van der Waals surface area contributed by atoms with Crippen molar-refractivity contribution in [2.45, 2.75) is 26.7 Å². The van der Waals surface area contributed by atoms with Gasteiger partial charge in [-0.2, -0.15) is 11.3 Å². The van der Waals surface area contributed by atoms with E-state index in [-0.39, 0.29) is 11.8 Å². The Balaban J connectivity index is 2.24. The summed E-state index contributed by atoms with van der Waals surface area (Å²) in [6.45, 7) is 9.51. The Morgan fingerprint density at radius 1 is 1.45 bits per heavy atom. The summed E-state index contributed by atoms with van der Waals surface area (Å²) < 4.78 is 0. The first-order valence-corrected chi connectivity index (χ1v) is 7.71. The number of carbonyl (C=O) groups excluding carboxylic acids is 2. The van der Waals surface area contributed by atoms with Crippen LogP contribution in [0.25, 0.3) is 0 Å². The second-order valence-corrected chi connectivity index (χ2v) is 5.52. The number of carbonyl (C=O) groups is 2. The van der Waals surface area contributed by atoms with E-state index in [4.69, 9.17) is 0 Å². The van der Waals surface area contributed by atoms with Crippen LogP contribution in [0.5, 0.6) is 0 Å². The number of nitrogens with zero attached hydrogens (tertiary/aromatic N) is 1. The molecule has 0 aliphatic carbocycles. The lowest BCUT2D eigenvalue weighted by Crippen LogP contribution is -2.33. The maximum atomic E-state index is 12.0. The third-order valence-electron chi connectivity index (χ3n) is 2.83. The lowest BCUT2D eigenvalue weighted by atomic mass is 10.2. The fourth-order valence-corrected chi connectivity index (χ4v) is 2.43. The van der Waals surface area contributed by atoms with E-state index in [1.165, 1.54) is 11.3 Å². The van der Waals surface area contributed by atoms with Crippen molar-refractivity contribution in [1.82, 2.24) is 10.2 Å². The molecule has 0 atom stereocenters. The van der Waals surface area contributed by atoms with Crippen LogP contribution in [0.3, 0.4) is 0 Å². The molecule has 0 fully saturated rings. The van der Waals surface area contributed by atoms with Gasteiger partial charge < -0.3 is 10.2 Å². The molecule has 0 radical (unpaired) electrons. The van der Waals surface area contributed by atoms with Crippen molar-refractivity contribution in [1.29, 1.82) is 0 Å². The standard InChI is InChI=1S/C15H22N2O2S/c1-4-17(10-12(2)3)14(18)6-5-8-16-15(19)13-7-9-20-11-13/h7,9,11H,2,4-6,8,10H2,1,3H3,(H,16,19). The first-order valence-electron chi connectivity index (χ1n) is 6.77. The zero-order chi connectivity index (χ0) is 15.0. The first-order chi connectivity index (χ1) is 9.54. The second-order valence-electron chi connectivity index (χ2n) is 4.74. The Labute approximate surface area is 124 Å². The molecule has 5 heteroatoms. The molecule has 110 valence electrons. The number of amides is 2. The van der Waals surface area contributed by atoms with Gasteiger partial charge in [0, 0.05) is 37.0 Å². The second kappa shape index (κ2) is 8.53. The van der Waals surface area contributed by atoms with Gasteiger partial charge in [-0.3, -0.25) is 9.59 Å². The molecule has 4 nitrogen and oxygen atoms in total. The predicted molar refractivity (Wildman–Crippen MR) is 83.0 cm³/mol. The Hall–Kier alpha value is -1.62. The van der Waals surface area contributed by atoms with Crippen molar-refractivity contribution in [2.75, 3.05) is 19.6 Å². The number of rotatable bonds is 8. The van der Waals surface area contributed by atoms with Gasteiger partial charge in [0.2, 0.25) is 5.91 Å². The van der Waals surface area contributed by atoms with Gasteiger partial charge in [0.1, 0.15) is 0 Å². The van der Waals surface area contributed by atoms with Crippen LogP contribution in [0.1, 0.15) is 37.0 Å². The smallest absolute Gasteiger partial charge is 0.252 e. The molecule has 20 heavy (non-hydrogen) atoms. The topological polar surface area (TPSA) is 49.4 Å². The van der Waals surface area contributed by atoms with Gasteiger partial charge in [-0.1, -0.05) is 12.2 Å². The van der Waals surface area contributed by atoms with E-state index in [9.17, 15) is 9.59 Å². The third kappa shape index (κ3) is 5.57. The van der Waals surface area contributed by atoms with E-state index in [1.54, 1.807) is 11.0 Å². The number of thiophene rings is 1. The van der Waals surface area contributed by atoms with E-state index < -0.39 is 0 Å². The molecule has 1 aromatic rings. The molecule has 1 N–H and O–H groups in total. The Bertz CT molecular complexity index is 454. The van der Waals surface area contributed by atoms with Gasteiger partial charge in [-0.25, -0.2) is 0 Å². The molecule has 0 aliphatic heterocycles. The number of hydrogen-bond acceptors (Lipinski definition) is 3. The summed E-state index contributed by atoms with van der Waals surface area (Å²) >= 11 is 1.49. The number of likely N-dealkylation sites (N-methyl/N-ethyl adjacent to an activating group) is 1. The van der Waals surface area contributed by atoms with Crippen molar-refractivity contribution in [3.8, 4) is 0 Å². The molecule has 1 heterocycles. The molecule has 0 aliphatic rings. The molecular weight excluding hydrogens is 272 g/mol. The van der Waals surface area contributed by atoms with E-state index in [1.807, 2.05) is 24.6 Å². The molecule has 0 unspecified atom stereocenters. The largest absolute Gasteiger partial charge is 0.352 e. The van der Waals surface area contributed by atoms with Crippen LogP contribution in [-0.4, -0.2) is 36.3 Å². The molecule has 0 aromatic carbocycles. The molecule has 1 aromatic heterocycles. The lowest BCUT2D eigenvalue weighted by Gasteiger charge is -2.20. The molecule has 0 saturated carbocycles. The van der Waals surface area contributed by atoms with Crippen LogP contribution in [-0.2, 0) is 4.79 Å². The zero-order valence-corrected chi connectivity index (χ0v) is 13.0. The van der Waals surface area contributed by atoms with Gasteiger partial charge in [0.15, 0.2) is 0 Å². The third-order valence-corrected chi connectivity index (χ3v) is 3.51. The summed E-state index contributed by atoms with van der Waals surface area (Å²) in [5.41, 5.74) is 1.66. The van der Waals surface area contributed by atoms with Crippen LogP contribution < -0.4 is 5.32 Å². The maximum absolute atomic E-state index is 12.0. The summed E-state index contributed by atoms with van der Waals surface area (Å²) in [7, 11) is 0. The molecule has 0 saturated heterocycles. The summed E-state index contributed by atoms with van der Waals surface area (Å²) in [5, 5.41) is 6.50. The quantitative estimate of drug-likeness (QED) is 0.592. The van der Waals surface area contributed by atoms with Crippen LogP contribution in [0.15, 0.2) is 29.0 Å². The van der Waals surface area contributed by atoms with Gasteiger partial charge in [-0.05, 0) is 31.7 Å². The summed E-state index contributed by atoms with van der Waals surface area (Å²) in [6, 6.07) is 1.79. The molecule has 2 amide bonds. The number of hydrogen-bond donors (Lipinski definition) is 1. The van der Waals surface area contributed by atoms with Crippen molar-refractivity contribution in [2.24, 2.45) is 0 Å². The highest BCUT2D eigenvalue weighted by Crippen LogP contribution is 2.05. The summed E-state index contributed by atoms with van der Waals surface area (Å²) in [4.78, 5) is 25.4. The van der Waals surface area contributed by atoms with E-state index in [2.05, 4.69) is 11.9 Å². The monoisotopic (exact) mass is 294 g/mol. The molecule has 0 spiro atoms. The fourth-order valence-electron chi connectivity index (χ4n) is 1.80. The average Bonchev–Trinajstić information content (AvgIpc) is 2.94. The van der Waals surface area contributed by atoms with Crippen molar-refractivity contribution >= 4 is 23.2 Å². The molecule has 0 bridgehead atoms. The highest BCUT2D eigenvalue weighted by molar-refractivity contribution is 7.08. The van der Waals surface area contributed by atoms with Gasteiger partial charge in [-0.15, -0.1) is 0 Å². The number of nitrogens with one attached hydrogen (secondary N) is 1. The van der Waals surface area contributed by atoms with Crippen LogP contribution >= 0.6 is 11.3 Å². The highest BCUT2D eigenvalue weighted by atomic mass is 32.1. The predicted octanol–water partition coefficient (Wildman–Crippen LogP) is 2.68. The van der Waals surface area contributed by atoms with Crippen molar-refractivity contribution in [3.05, 3.63) is 34.5 Å². The van der Waals surface area contributed by atoms with E-state index in [0.717, 1.165) is 5.57 Å². The molecular formula is C15H22N2O2S. The minimum absolute atomic E-state index is 0.0759. The van der Waals surface area contributed by atoms with Gasteiger partial charge in [0.05, 0.1) is 0 Å². The highest BCUT2D eigenvalue weighted by Gasteiger charge is 2.11. The van der Waals surface area contributed by atoms with E-state index >= 15 is 0 Å². The molecule has 1 rings (SSSR count). The van der Waals surface area contributed by atoms with Crippen LogP contribution in [0.4, 0.5) is 0 Å². The SMILES string of the molecule is C=C(C)CN(CC)C(=O)CCCNC(=O)c1ccsc1. The average molecular weight is 294 g/mol. The Morgan fingerprint density at radius 3 is 2.75 bits per heavy atom. The summed E-state index contributed by atoms with van der Waals surface area (Å²) in [6.07, 6.45) is 1.10. The summed E-state index contributed by atoms with van der Waals surface area (Å²) in [5.74, 6) is 0.0354. The minimum atomic E-state index is -0.0759. The Morgan fingerprint density at radius 2 is 2.20 bits per heavy atom. The van der Waals surface area contributed by atoms with Crippen LogP contribution in [0, 0.1) is 0 Å². The van der Waals surface area contributed by atoms with Crippen LogP contribution in [0.2, 0.25) is 0 Å². The first kappa shape index (κ1) is 16.4. The lowest BCUT2D eigenvalue weighted by molar-refractivity contribution is -0.130. The normalized spacial score (nSPS) is 10.1. The van der Waals surface area contributed by atoms with E-state index in [0.29, 0.717) is 38.0 Å². The minimum Gasteiger partial charge on any atom is -0.352 e. The Kier molecular flexibility index (Phi) is 7.01. The maximum Gasteiger partial charge on any atom is 0.252 e. The zero-order valence-electron chi connectivity index (χ0n) is 12.1. The fraction of sp³-hybridized carbons (Fsp3) is 0.467.